The molecule has 0 unspecified atom stereocenters. The number of hydrogen-bond donors (Lipinski definition) is 2. The molecule has 4 aromatic rings. The number of nitrogens with zero attached hydrogens (tertiary/aromatic N) is 1. The van der Waals surface area contributed by atoms with Crippen LogP contribution in [-0.4, -0.2) is 19.3 Å². The molecule has 31 heavy (non-hydrogen) atoms. The highest BCUT2D eigenvalue weighted by molar-refractivity contribution is 7.94. The molecule has 0 aliphatic rings. The molecule has 0 atom stereocenters. The lowest BCUT2D eigenvalue weighted by Crippen LogP contribution is -2.14. The van der Waals surface area contributed by atoms with Crippen LogP contribution in [0.3, 0.4) is 0 Å². The van der Waals surface area contributed by atoms with Crippen molar-refractivity contribution >= 4 is 49.7 Å². The number of rotatable bonds is 7. The van der Waals surface area contributed by atoms with Gasteiger partial charge in [0, 0.05) is 17.3 Å². The van der Waals surface area contributed by atoms with Crippen LogP contribution in [0, 0.1) is 0 Å². The number of aromatic nitrogens is 1. The second-order valence-corrected chi connectivity index (χ2v) is 10.2. The summed E-state index contributed by atoms with van der Waals surface area (Å²) in [6.07, 6.45) is 0.159. The minimum absolute atomic E-state index is 0.159. The second-order valence-electron chi connectivity index (χ2n) is 7.35. The Kier molecular flexibility index (Phi) is 5.79. The van der Waals surface area contributed by atoms with Gasteiger partial charge < -0.3 is 9.73 Å². The van der Waals surface area contributed by atoms with Gasteiger partial charge in [-0.25, -0.2) is 13.4 Å². The molecule has 2 aromatic carbocycles. The van der Waals surface area contributed by atoms with E-state index in [-0.39, 0.29) is 22.5 Å². The summed E-state index contributed by atoms with van der Waals surface area (Å²) < 4.78 is 33.0. The topological polar surface area (TPSA) is 101 Å². The molecule has 0 aliphatic heterocycles. The molecule has 0 saturated carbocycles. The van der Waals surface area contributed by atoms with Crippen molar-refractivity contribution in [2.45, 2.75) is 30.4 Å². The van der Waals surface area contributed by atoms with Crippen LogP contribution in [0.25, 0.3) is 11.1 Å². The van der Waals surface area contributed by atoms with Crippen molar-refractivity contribution in [1.82, 2.24) is 4.98 Å². The molecule has 7 nitrogen and oxygen atoms in total. The van der Waals surface area contributed by atoms with Crippen LogP contribution < -0.4 is 10.0 Å². The minimum Gasteiger partial charge on any atom is -0.440 e. The van der Waals surface area contributed by atoms with E-state index >= 15 is 0 Å². The molecule has 2 heterocycles. The third-order valence-electron chi connectivity index (χ3n) is 4.51. The molecule has 2 aromatic heterocycles. The van der Waals surface area contributed by atoms with E-state index in [0.29, 0.717) is 28.4 Å². The monoisotopic (exact) mass is 455 g/mol. The highest BCUT2D eigenvalue weighted by Gasteiger charge is 2.15. The lowest BCUT2D eigenvalue weighted by atomic mass is 10.1. The molecular weight excluding hydrogens is 434 g/mol. The van der Waals surface area contributed by atoms with E-state index in [0.717, 1.165) is 16.9 Å². The predicted molar refractivity (Wildman–Crippen MR) is 122 cm³/mol. The van der Waals surface area contributed by atoms with Crippen LogP contribution in [-0.2, 0) is 21.2 Å². The predicted octanol–water partition coefficient (Wildman–Crippen LogP) is 4.99. The first-order valence-electron chi connectivity index (χ1n) is 9.66. The zero-order valence-electron chi connectivity index (χ0n) is 17.0. The van der Waals surface area contributed by atoms with Crippen molar-refractivity contribution in [3.05, 3.63) is 71.4 Å². The molecule has 9 heteroatoms. The van der Waals surface area contributed by atoms with Crippen LogP contribution in [0.2, 0.25) is 0 Å². The zero-order chi connectivity index (χ0) is 22.0. The van der Waals surface area contributed by atoms with Gasteiger partial charge in [-0.1, -0.05) is 32.0 Å². The van der Waals surface area contributed by atoms with Crippen molar-refractivity contribution in [3.63, 3.8) is 0 Å². The first-order chi connectivity index (χ1) is 14.8. The number of nitrogens with one attached hydrogen (secondary N) is 2. The Morgan fingerprint density at radius 1 is 1.10 bits per heavy atom. The molecule has 0 spiro atoms. The highest BCUT2D eigenvalue weighted by Crippen LogP contribution is 2.24. The van der Waals surface area contributed by atoms with E-state index in [9.17, 15) is 13.2 Å². The molecule has 0 bridgehead atoms. The van der Waals surface area contributed by atoms with Crippen LogP contribution in [0.1, 0.15) is 31.2 Å². The van der Waals surface area contributed by atoms with Crippen molar-refractivity contribution in [2.24, 2.45) is 0 Å². The fourth-order valence-corrected chi connectivity index (χ4v) is 5.02. The number of carbonyl (C=O) groups is 1. The molecule has 0 aliphatic carbocycles. The van der Waals surface area contributed by atoms with Gasteiger partial charge in [-0.05, 0) is 47.3 Å². The third-order valence-corrected chi connectivity index (χ3v) is 7.29. The van der Waals surface area contributed by atoms with Gasteiger partial charge in [0.25, 0.3) is 10.0 Å². The molecule has 0 radical (unpaired) electrons. The van der Waals surface area contributed by atoms with Gasteiger partial charge in [0.1, 0.15) is 9.73 Å². The molecular formula is C22H21N3O4S2. The summed E-state index contributed by atoms with van der Waals surface area (Å²) in [7, 11) is -3.59. The number of thiophene rings is 1. The first-order valence-corrected chi connectivity index (χ1v) is 12.0. The Bertz CT molecular complexity index is 1310. The average Bonchev–Trinajstić information content (AvgIpc) is 3.39. The van der Waals surface area contributed by atoms with Crippen molar-refractivity contribution in [2.75, 3.05) is 10.0 Å². The Hall–Kier alpha value is -3.17. The van der Waals surface area contributed by atoms with Gasteiger partial charge in [-0.3, -0.25) is 9.52 Å². The molecule has 1 amide bonds. The van der Waals surface area contributed by atoms with E-state index in [1.165, 1.54) is 0 Å². The zero-order valence-corrected chi connectivity index (χ0v) is 18.6. The molecule has 2 N–H and O–H groups in total. The summed E-state index contributed by atoms with van der Waals surface area (Å²) in [6, 6.07) is 15.3. The summed E-state index contributed by atoms with van der Waals surface area (Å²) >= 11 is 1.15. The van der Waals surface area contributed by atoms with E-state index in [2.05, 4.69) is 15.0 Å². The van der Waals surface area contributed by atoms with Crippen molar-refractivity contribution in [3.8, 4) is 0 Å². The van der Waals surface area contributed by atoms with Crippen molar-refractivity contribution in [1.29, 1.82) is 0 Å². The van der Waals surface area contributed by atoms with Gasteiger partial charge in [-0.15, -0.1) is 11.3 Å². The number of sulfonamides is 1. The molecule has 4 rings (SSSR count). The number of carbonyl (C=O) groups excluding carboxylic acids is 1. The largest absolute Gasteiger partial charge is 0.440 e. The summed E-state index contributed by atoms with van der Waals surface area (Å²) in [6.45, 7) is 4.01. The number of oxazole rings is 1. The van der Waals surface area contributed by atoms with Gasteiger partial charge in [-0.2, -0.15) is 0 Å². The van der Waals surface area contributed by atoms with Gasteiger partial charge in [0.15, 0.2) is 11.5 Å². The number of benzene rings is 2. The summed E-state index contributed by atoms with van der Waals surface area (Å²) in [5.74, 6) is 0.662. The smallest absolute Gasteiger partial charge is 0.271 e. The lowest BCUT2D eigenvalue weighted by Gasteiger charge is -2.08. The maximum absolute atomic E-state index is 12.4. The first kappa shape index (κ1) is 21.1. The third kappa shape index (κ3) is 4.95. The molecule has 0 fully saturated rings. The Labute approximate surface area is 184 Å². The maximum Gasteiger partial charge on any atom is 0.271 e. The highest BCUT2D eigenvalue weighted by atomic mass is 32.2. The molecule has 160 valence electrons. The SMILES string of the molecule is CC(C)c1nc2cc(NC(=O)Cc3ccc(NS(=O)(=O)c4cccs4)cc3)ccc2o1. The minimum atomic E-state index is -3.59. The van der Waals surface area contributed by atoms with Gasteiger partial charge in [0.05, 0.1) is 6.42 Å². The Balaban J connectivity index is 1.39. The van der Waals surface area contributed by atoms with E-state index in [4.69, 9.17) is 4.42 Å². The normalized spacial score (nSPS) is 11.7. The standard InChI is InChI=1S/C22H21N3O4S2/c1-14(2)22-24-18-13-17(9-10-19(18)29-22)23-20(26)12-15-5-7-16(8-6-15)25-31(27,28)21-4-3-11-30-21/h3-11,13-14,25H,12H2,1-2H3,(H,23,26). The average molecular weight is 456 g/mol. The van der Waals surface area contributed by atoms with Gasteiger partial charge in [0.2, 0.25) is 5.91 Å². The quantitative estimate of drug-likeness (QED) is 0.409. The van der Waals surface area contributed by atoms with Crippen molar-refractivity contribution < 1.29 is 17.6 Å². The van der Waals surface area contributed by atoms with E-state index < -0.39 is 10.0 Å². The van der Waals surface area contributed by atoms with Crippen LogP contribution >= 0.6 is 11.3 Å². The lowest BCUT2D eigenvalue weighted by molar-refractivity contribution is -0.115. The molecule has 0 saturated heterocycles. The fraction of sp³-hybridized carbons (Fsp3) is 0.182. The number of hydrogen-bond acceptors (Lipinski definition) is 6. The second kappa shape index (κ2) is 8.52. The maximum atomic E-state index is 12.4. The number of anilines is 2. The number of amides is 1. The van der Waals surface area contributed by atoms with Gasteiger partial charge >= 0.3 is 0 Å². The summed E-state index contributed by atoms with van der Waals surface area (Å²) in [4.78, 5) is 16.9. The number of fused-ring (bicyclic) bond motifs is 1. The van der Waals surface area contributed by atoms with E-state index in [1.54, 1.807) is 60.0 Å². The summed E-state index contributed by atoms with van der Waals surface area (Å²) in [5, 5.41) is 4.57. The van der Waals surface area contributed by atoms with Crippen LogP contribution in [0.15, 0.2) is 68.6 Å². The fourth-order valence-electron chi connectivity index (χ4n) is 2.97. The van der Waals surface area contributed by atoms with Crippen LogP contribution in [0.4, 0.5) is 11.4 Å². The Morgan fingerprint density at radius 3 is 2.52 bits per heavy atom. The van der Waals surface area contributed by atoms with E-state index in [1.807, 2.05) is 13.8 Å². The van der Waals surface area contributed by atoms with Crippen LogP contribution in [0.5, 0.6) is 0 Å². The Morgan fingerprint density at radius 2 is 1.84 bits per heavy atom. The summed E-state index contributed by atoms with van der Waals surface area (Å²) in [5.41, 5.74) is 3.23.